The summed E-state index contributed by atoms with van der Waals surface area (Å²) in [6, 6.07) is 1.84. The van der Waals surface area contributed by atoms with E-state index < -0.39 is 85.1 Å². The fraction of sp³-hybridized carbons (Fsp3) is 1.00. The minimum atomic E-state index is -2.69. The Morgan fingerprint density at radius 1 is 0.319 bits per heavy atom. The molecule has 47 heavy (non-hydrogen) atoms. The highest BCUT2D eigenvalue weighted by atomic mass is 28.5. The van der Waals surface area contributed by atoms with Gasteiger partial charge in [0, 0.05) is 0 Å². The van der Waals surface area contributed by atoms with Crippen LogP contribution in [0.4, 0.5) is 0 Å². The first kappa shape index (κ1) is 48.7. The quantitative estimate of drug-likeness (QED) is 0.0921. The second-order valence-corrected chi connectivity index (χ2v) is 55.5. The molecule has 0 aromatic carbocycles. The molecule has 0 aliphatic heterocycles. The Bertz CT molecular complexity index is 968. The predicted octanol–water partition coefficient (Wildman–Crippen LogP) is 7.86. The van der Waals surface area contributed by atoms with Gasteiger partial charge in [0.05, 0.1) is 0 Å². The Hall–Kier alpha value is 1.73. The van der Waals surface area contributed by atoms with E-state index in [-0.39, 0.29) is 0 Å². The largest absolute Gasteiger partial charge is 0.437 e. The lowest BCUT2D eigenvalue weighted by Crippen LogP contribution is -2.62. The molecule has 0 heterocycles. The lowest BCUT2D eigenvalue weighted by molar-refractivity contribution is 0.256. The maximum atomic E-state index is 6.94. The fourth-order valence-corrected chi connectivity index (χ4v) is 57.3. The van der Waals surface area contributed by atoms with E-state index in [1.807, 2.05) is 0 Å². The van der Waals surface area contributed by atoms with Crippen LogP contribution in [0.15, 0.2) is 0 Å². The van der Waals surface area contributed by atoms with Gasteiger partial charge in [-0.15, -0.1) is 0 Å². The van der Waals surface area contributed by atoms with Crippen LogP contribution in [0.25, 0.3) is 0 Å². The summed E-state index contributed by atoms with van der Waals surface area (Å²) in [5.41, 5.74) is 11.7. The lowest BCUT2D eigenvalue weighted by atomic mass is 10.5. The average Bonchev–Trinajstić information content (AvgIpc) is 2.67. The predicted molar refractivity (Wildman–Crippen MR) is 222 cm³/mol. The summed E-state index contributed by atoms with van der Waals surface area (Å²) < 4.78 is 60.8. The SMILES string of the molecule is C[Si](C)(C)O[Si](C)(C)O[Si](C)(C)O[Si](C)(C)O[Si](C)(C)O[Si](C)(C)O[Si](C)(C)O[Si](C)(C)O[Si](C)(CCCN)O[Si](C)(C)CCCN. The molecule has 4 N–H and O–H groups in total. The molecule has 0 aliphatic rings. The monoisotopic (exact) mass is 840 g/mol. The minimum absolute atomic E-state index is 0.606. The summed E-state index contributed by atoms with van der Waals surface area (Å²) in [5.74, 6) is 0. The number of hydrogen-bond acceptors (Lipinski definition) is 11. The van der Waals surface area contributed by atoms with Gasteiger partial charge in [-0.1, -0.05) is 0 Å². The van der Waals surface area contributed by atoms with Crippen LogP contribution in [-0.4, -0.2) is 98.2 Å². The number of nitrogens with two attached hydrogens (primary N) is 2. The standard InChI is InChI=1S/C26H76N2O9Si10/c1-38(2,3)29-40(6,7)31-41(8,9)32-42(10,11)33-43(12,13)34-44(14,15)35-45(16,17)36-46(18,19)37-47(20,26-22-24-28)30-39(4,5)25-21-23-27/h21-28H2,1-20H3. The Kier molecular flexibility index (Phi) is 18.4. The summed E-state index contributed by atoms with van der Waals surface area (Å²) in [7, 11) is -24.5. The molecule has 0 fully saturated rings. The third-order valence-corrected chi connectivity index (χ3v) is 44.7. The summed E-state index contributed by atoms with van der Waals surface area (Å²) in [5, 5.41) is 0. The Morgan fingerprint density at radius 3 is 0.851 bits per heavy atom. The molecule has 21 heteroatoms. The van der Waals surface area contributed by atoms with Crippen molar-refractivity contribution in [2.45, 2.75) is 156 Å². The van der Waals surface area contributed by atoms with Crippen molar-refractivity contribution in [3.05, 3.63) is 0 Å². The highest BCUT2D eigenvalue weighted by Crippen LogP contribution is 2.32. The molecule has 1 atom stereocenters. The molecule has 0 aromatic heterocycles. The Morgan fingerprint density at radius 2 is 0.574 bits per heavy atom. The van der Waals surface area contributed by atoms with Crippen LogP contribution in [0.1, 0.15) is 12.8 Å². The highest BCUT2D eigenvalue weighted by molar-refractivity contribution is 6.93. The fourth-order valence-electron chi connectivity index (χ4n) is 6.66. The zero-order valence-electron chi connectivity index (χ0n) is 34.1. The second-order valence-electron chi connectivity index (χ2n) is 17.5. The first-order chi connectivity index (χ1) is 20.5. The van der Waals surface area contributed by atoms with E-state index in [4.69, 9.17) is 48.5 Å². The molecule has 0 aromatic rings. The molecule has 284 valence electrons. The zero-order valence-corrected chi connectivity index (χ0v) is 44.1. The van der Waals surface area contributed by atoms with Gasteiger partial charge < -0.3 is 48.5 Å². The molecule has 0 radical (unpaired) electrons. The van der Waals surface area contributed by atoms with Crippen LogP contribution >= 0.6 is 0 Å². The van der Waals surface area contributed by atoms with Crippen molar-refractivity contribution < 1.29 is 37.0 Å². The topological polar surface area (TPSA) is 135 Å². The summed E-state index contributed by atoms with van der Waals surface area (Å²) in [6.07, 6.45) is 1.82. The van der Waals surface area contributed by atoms with Gasteiger partial charge in [-0.25, -0.2) is 0 Å². The van der Waals surface area contributed by atoms with Crippen LogP contribution in [0.3, 0.4) is 0 Å². The molecule has 0 bridgehead atoms. The van der Waals surface area contributed by atoms with Crippen LogP contribution < -0.4 is 11.5 Å². The van der Waals surface area contributed by atoms with E-state index in [0.29, 0.717) is 13.1 Å². The first-order valence-corrected chi connectivity index (χ1v) is 46.0. The van der Waals surface area contributed by atoms with Crippen molar-refractivity contribution in [3.63, 3.8) is 0 Å². The molecule has 0 aliphatic carbocycles. The van der Waals surface area contributed by atoms with Crippen molar-refractivity contribution in [1.82, 2.24) is 0 Å². The van der Waals surface area contributed by atoms with E-state index in [9.17, 15) is 0 Å². The van der Waals surface area contributed by atoms with Crippen molar-refractivity contribution in [1.29, 1.82) is 0 Å². The van der Waals surface area contributed by atoms with Crippen LogP contribution in [0.5, 0.6) is 0 Å². The van der Waals surface area contributed by atoms with Gasteiger partial charge in [-0.3, -0.25) is 0 Å². The van der Waals surface area contributed by atoms with E-state index in [0.717, 1.165) is 24.9 Å². The molecule has 0 saturated heterocycles. The molecule has 1 unspecified atom stereocenters. The molecule has 0 saturated carbocycles. The first-order valence-electron chi connectivity index (χ1n) is 17.2. The Balaban J connectivity index is 5.65. The van der Waals surface area contributed by atoms with Gasteiger partial charge in [0.15, 0.2) is 16.6 Å². The molecular formula is C26H76N2O9Si10. The van der Waals surface area contributed by atoms with Gasteiger partial charge in [0.1, 0.15) is 0 Å². The minimum Gasteiger partial charge on any atom is -0.437 e. The third kappa shape index (κ3) is 23.1. The second kappa shape index (κ2) is 17.7. The molecule has 0 spiro atoms. The third-order valence-electron chi connectivity index (χ3n) is 6.27. The van der Waals surface area contributed by atoms with Crippen LogP contribution in [-0.2, 0) is 37.0 Å². The normalized spacial score (nSPS) is 16.5. The number of hydrogen-bond donors (Lipinski definition) is 2. The van der Waals surface area contributed by atoms with Crippen molar-refractivity contribution in [3.8, 4) is 0 Å². The smallest absolute Gasteiger partial charge is 0.315 e. The average molecular weight is 842 g/mol. The summed E-state index contributed by atoms with van der Waals surface area (Å²) in [6.45, 7) is 43.8. The zero-order chi connectivity index (χ0) is 37.6. The van der Waals surface area contributed by atoms with Gasteiger partial charge >= 0.3 is 68.5 Å². The maximum Gasteiger partial charge on any atom is 0.315 e. The molecule has 0 rings (SSSR count). The van der Waals surface area contributed by atoms with E-state index in [1.165, 1.54) is 0 Å². The van der Waals surface area contributed by atoms with E-state index in [1.54, 1.807) is 0 Å². The van der Waals surface area contributed by atoms with Gasteiger partial charge in [0.2, 0.25) is 0 Å². The Labute approximate surface area is 301 Å². The molecular weight excluding hydrogens is 765 g/mol. The van der Waals surface area contributed by atoms with Gasteiger partial charge in [-0.05, 0) is 169 Å². The summed E-state index contributed by atoms with van der Waals surface area (Å²) >= 11 is 0. The lowest BCUT2D eigenvalue weighted by Gasteiger charge is -2.45. The van der Waals surface area contributed by atoms with Crippen molar-refractivity contribution >= 4 is 85.1 Å². The van der Waals surface area contributed by atoms with Gasteiger partial charge in [0.25, 0.3) is 0 Å². The number of rotatable bonds is 24. The van der Waals surface area contributed by atoms with Gasteiger partial charge in [-0.2, -0.15) is 0 Å². The van der Waals surface area contributed by atoms with Crippen LogP contribution in [0.2, 0.25) is 143 Å². The van der Waals surface area contributed by atoms with E-state index >= 15 is 0 Å². The molecule has 0 amide bonds. The van der Waals surface area contributed by atoms with E-state index in [2.05, 4.69) is 131 Å². The maximum absolute atomic E-state index is 6.94. The highest BCUT2D eigenvalue weighted by Gasteiger charge is 2.51. The summed E-state index contributed by atoms with van der Waals surface area (Å²) in [4.78, 5) is 0. The molecule has 11 nitrogen and oxygen atoms in total. The van der Waals surface area contributed by atoms with Crippen LogP contribution in [0, 0.1) is 0 Å². The van der Waals surface area contributed by atoms with Crippen molar-refractivity contribution in [2.75, 3.05) is 13.1 Å². The van der Waals surface area contributed by atoms with Crippen molar-refractivity contribution in [2.24, 2.45) is 11.5 Å².